The second-order valence-electron chi connectivity index (χ2n) is 5.97. The largest absolute Gasteiger partial charge is 0.481 e. The van der Waals surface area contributed by atoms with Crippen molar-refractivity contribution in [2.24, 2.45) is 0 Å². The maximum absolute atomic E-state index is 12.8. The Morgan fingerprint density at radius 1 is 1.26 bits per heavy atom. The predicted molar refractivity (Wildman–Crippen MR) is 85.7 cm³/mol. The highest BCUT2D eigenvalue weighted by Gasteiger charge is 2.33. The van der Waals surface area contributed by atoms with Crippen molar-refractivity contribution in [2.45, 2.75) is 32.2 Å². The molecule has 6 heteroatoms. The zero-order valence-corrected chi connectivity index (χ0v) is 13.1. The van der Waals surface area contributed by atoms with Crippen molar-refractivity contribution in [1.29, 1.82) is 0 Å². The summed E-state index contributed by atoms with van der Waals surface area (Å²) in [5, 5.41) is 13.7. The highest BCUT2D eigenvalue weighted by Crippen LogP contribution is 2.35. The molecule has 1 aliphatic rings. The lowest BCUT2D eigenvalue weighted by atomic mass is 9.90. The molecule has 0 radical (unpaired) electrons. The fraction of sp³-hybridized carbons (Fsp3) is 0.353. The number of aromatic nitrogens is 2. The Morgan fingerprint density at radius 3 is 2.65 bits per heavy atom. The Balaban J connectivity index is 1.95. The Kier molecular flexibility index (Phi) is 3.90. The van der Waals surface area contributed by atoms with Crippen LogP contribution in [-0.2, 0) is 4.79 Å². The molecule has 2 heterocycles. The highest BCUT2D eigenvalue weighted by atomic mass is 16.4. The summed E-state index contributed by atoms with van der Waals surface area (Å²) >= 11 is 0. The predicted octanol–water partition coefficient (Wildman–Crippen LogP) is 2.68. The van der Waals surface area contributed by atoms with Crippen molar-refractivity contribution in [3.63, 3.8) is 0 Å². The van der Waals surface area contributed by atoms with Crippen LogP contribution in [0.1, 0.15) is 48.3 Å². The van der Waals surface area contributed by atoms with E-state index in [0.717, 1.165) is 0 Å². The Labute approximate surface area is 134 Å². The van der Waals surface area contributed by atoms with Crippen LogP contribution in [0.4, 0.5) is 5.69 Å². The van der Waals surface area contributed by atoms with Gasteiger partial charge in [-0.2, -0.15) is 5.10 Å². The summed E-state index contributed by atoms with van der Waals surface area (Å²) in [6.45, 7) is 4.37. The molecule has 2 aromatic rings. The molecule has 0 saturated heterocycles. The van der Waals surface area contributed by atoms with E-state index >= 15 is 0 Å². The van der Waals surface area contributed by atoms with Crippen molar-refractivity contribution in [2.75, 3.05) is 11.4 Å². The SMILES string of the molecule is CC(C)n1ccc(C(=O)N2CCC(C(=O)O)c3ccccc32)n1. The molecule has 1 unspecified atom stereocenters. The number of para-hydroxylation sites is 1. The van der Waals surface area contributed by atoms with Crippen LogP contribution in [0.3, 0.4) is 0 Å². The minimum absolute atomic E-state index is 0.182. The maximum Gasteiger partial charge on any atom is 0.311 e. The minimum Gasteiger partial charge on any atom is -0.481 e. The second kappa shape index (κ2) is 5.87. The molecule has 1 atom stereocenters. The first-order valence-corrected chi connectivity index (χ1v) is 7.67. The third-order valence-corrected chi connectivity index (χ3v) is 4.14. The molecule has 1 aromatic carbocycles. The average molecular weight is 313 g/mol. The first kappa shape index (κ1) is 15.3. The molecule has 23 heavy (non-hydrogen) atoms. The molecule has 120 valence electrons. The number of carboxylic acid groups (broad SMARTS) is 1. The van der Waals surface area contributed by atoms with E-state index < -0.39 is 11.9 Å². The summed E-state index contributed by atoms with van der Waals surface area (Å²) in [4.78, 5) is 25.8. The van der Waals surface area contributed by atoms with Gasteiger partial charge in [0.05, 0.1) is 5.92 Å². The quantitative estimate of drug-likeness (QED) is 0.945. The van der Waals surface area contributed by atoms with Crippen LogP contribution in [0.25, 0.3) is 0 Å². The topological polar surface area (TPSA) is 75.4 Å². The van der Waals surface area contributed by atoms with E-state index in [1.54, 1.807) is 40.0 Å². The third-order valence-electron chi connectivity index (χ3n) is 4.14. The number of anilines is 1. The first-order valence-electron chi connectivity index (χ1n) is 7.67. The van der Waals surface area contributed by atoms with Gasteiger partial charge in [0.1, 0.15) is 0 Å². The summed E-state index contributed by atoms with van der Waals surface area (Å²) in [5.74, 6) is -1.61. The van der Waals surface area contributed by atoms with E-state index in [0.29, 0.717) is 29.9 Å². The van der Waals surface area contributed by atoms with Gasteiger partial charge in [0, 0.05) is 24.5 Å². The van der Waals surface area contributed by atoms with Crippen LogP contribution in [0.15, 0.2) is 36.5 Å². The fourth-order valence-corrected chi connectivity index (χ4v) is 2.91. The summed E-state index contributed by atoms with van der Waals surface area (Å²) in [5.41, 5.74) is 1.72. The van der Waals surface area contributed by atoms with Crippen LogP contribution in [0.5, 0.6) is 0 Å². The number of amides is 1. The molecule has 1 aromatic heterocycles. The molecule has 0 spiro atoms. The molecule has 0 aliphatic carbocycles. The first-order chi connectivity index (χ1) is 11.0. The lowest BCUT2D eigenvalue weighted by molar-refractivity contribution is -0.139. The van der Waals surface area contributed by atoms with Crippen LogP contribution < -0.4 is 4.90 Å². The number of aliphatic carboxylic acids is 1. The summed E-state index contributed by atoms with van der Waals surface area (Å²) in [6.07, 6.45) is 2.19. The lowest BCUT2D eigenvalue weighted by Gasteiger charge is -2.32. The fourth-order valence-electron chi connectivity index (χ4n) is 2.91. The lowest BCUT2D eigenvalue weighted by Crippen LogP contribution is -2.38. The Hall–Kier alpha value is -2.63. The molecule has 0 saturated carbocycles. The van der Waals surface area contributed by atoms with Crippen molar-refractivity contribution < 1.29 is 14.7 Å². The standard InChI is InChI=1S/C17H19N3O3/c1-11(2)20-10-8-14(18-20)16(21)19-9-7-13(17(22)23)12-5-3-4-6-15(12)19/h3-6,8,10-11,13H,7,9H2,1-2H3,(H,22,23). The normalized spacial score (nSPS) is 17.2. The number of fused-ring (bicyclic) bond motifs is 1. The third kappa shape index (κ3) is 2.72. The van der Waals surface area contributed by atoms with Gasteiger partial charge in [-0.1, -0.05) is 18.2 Å². The molecule has 1 N–H and O–H groups in total. The van der Waals surface area contributed by atoms with Gasteiger partial charge in [0.25, 0.3) is 5.91 Å². The number of hydrogen-bond acceptors (Lipinski definition) is 3. The van der Waals surface area contributed by atoms with Crippen LogP contribution in [0, 0.1) is 0 Å². The highest BCUT2D eigenvalue weighted by molar-refractivity contribution is 6.06. The Bertz CT molecular complexity index is 751. The number of carbonyl (C=O) groups excluding carboxylic acids is 1. The molecular formula is C17H19N3O3. The van der Waals surface area contributed by atoms with Crippen LogP contribution >= 0.6 is 0 Å². The zero-order chi connectivity index (χ0) is 16.6. The van der Waals surface area contributed by atoms with Crippen molar-refractivity contribution >= 4 is 17.6 Å². The van der Waals surface area contributed by atoms with Gasteiger partial charge >= 0.3 is 5.97 Å². The Morgan fingerprint density at radius 2 is 2.00 bits per heavy atom. The molecule has 1 aliphatic heterocycles. The number of nitrogens with zero attached hydrogens (tertiary/aromatic N) is 3. The van der Waals surface area contributed by atoms with E-state index in [2.05, 4.69) is 5.10 Å². The van der Waals surface area contributed by atoms with Gasteiger partial charge in [-0.3, -0.25) is 14.3 Å². The zero-order valence-electron chi connectivity index (χ0n) is 13.1. The van der Waals surface area contributed by atoms with Crippen molar-refractivity contribution in [3.05, 3.63) is 47.8 Å². The van der Waals surface area contributed by atoms with Gasteiger partial charge < -0.3 is 10.0 Å². The monoisotopic (exact) mass is 313 g/mol. The van der Waals surface area contributed by atoms with E-state index in [4.69, 9.17) is 0 Å². The molecule has 3 rings (SSSR count). The van der Waals surface area contributed by atoms with Gasteiger partial charge in [-0.15, -0.1) is 0 Å². The molecule has 1 amide bonds. The minimum atomic E-state index is -0.853. The van der Waals surface area contributed by atoms with E-state index in [9.17, 15) is 14.7 Å². The number of hydrogen-bond donors (Lipinski definition) is 1. The second-order valence-corrected chi connectivity index (χ2v) is 5.97. The number of rotatable bonds is 3. The van der Waals surface area contributed by atoms with Crippen molar-refractivity contribution in [1.82, 2.24) is 9.78 Å². The maximum atomic E-state index is 12.8. The van der Waals surface area contributed by atoms with Gasteiger partial charge in [0.15, 0.2) is 5.69 Å². The summed E-state index contributed by atoms with van der Waals surface area (Å²) in [7, 11) is 0. The van der Waals surface area contributed by atoms with Gasteiger partial charge in [0.2, 0.25) is 0 Å². The van der Waals surface area contributed by atoms with Crippen LogP contribution in [0.2, 0.25) is 0 Å². The number of benzene rings is 1. The molecule has 6 nitrogen and oxygen atoms in total. The summed E-state index contributed by atoms with van der Waals surface area (Å²) < 4.78 is 1.74. The van der Waals surface area contributed by atoms with Crippen molar-refractivity contribution in [3.8, 4) is 0 Å². The average Bonchev–Trinajstić information content (AvgIpc) is 3.03. The summed E-state index contributed by atoms with van der Waals surface area (Å²) in [6, 6.07) is 9.07. The number of carboxylic acids is 1. The van der Waals surface area contributed by atoms with E-state index in [1.807, 2.05) is 19.9 Å². The van der Waals surface area contributed by atoms with Crippen LogP contribution in [-0.4, -0.2) is 33.3 Å². The smallest absolute Gasteiger partial charge is 0.311 e. The van der Waals surface area contributed by atoms with E-state index in [-0.39, 0.29) is 11.9 Å². The number of carbonyl (C=O) groups is 2. The van der Waals surface area contributed by atoms with Gasteiger partial charge in [-0.05, 0) is 38.0 Å². The molecule has 0 fully saturated rings. The molecular weight excluding hydrogens is 294 g/mol. The van der Waals surface area contributed by atoms with E-state index in [1.165, 1.54) is 0 Å². The van der Waals surface area contributed by atoms with Gasteiger partial charge in [-0.25, -0.2) is 0 Å². The molecule has 0 bridgehead atoms.